The molecule has 0 radical (unpaired) electrons. The quantitative estimate of drug-likeness (QED) is 0.757. The summed E-state index contributed by atoms with van der Waals surface area (Å²) < 4.78 is 17.2. The zero-order valence-electron chi connectivity index (χ0n) is 13.2. The zero-order chi connectivity index (χ0) is 16.7. The lowest BCUT2D eigenvalue weighted by Gasteiger charge is -2.14. The summed E-state index contributed by atoms with van der Waals surface area (Å²) >= 11 is 3.49. The van der Waals surface area contributed by atoms with E-state index in [0.29, 0.717) is 31.3 Å². The molecule has 0 atom stereocenters. The summed E-state index contributed by atoms with van der Waals surface area (Å²) in [6, 6.07) is 7.29. The van der Waals surface area contributed by atoms with Crippen molar-refractivity contribution in [2.45, 2.75) is 26.8 Å². The van der Waals surface area contributed by atoms with Gasteiger partial charge in [-0.3, -0.25) is 4.79 Å². The van der Waals surface area contributed by atoms with E-state index >= 15 is 0 Å². The van der Waals surface area contributed by atoms with Crippen molar-refractivity contribution in [3.63, 3.8) is 0 Å². The fourth-order valence-electron chi connectivity index (χ4n) is 2.08. The van der Waals surface area contributed by atoms with Gasteiger partial charge in [0.15, 0.2) is 11.5 Å². The molecule has 1 heterocycles. The van der Waals surface area contributed by atoms with Crippen LogP contribution in [-0.4, -0.2) is 19.1 Å². The molecule has 124 valence electrons. The van der Waals surface area contributed by atoms with Crippen LogP contribution < -0.4 is 14.8 Å². The Morgan fingerprint density at radius 2 is 1.91 bits per heavy atom. The Morgan fingerprint density at radius 3 is 2.52 bits per heavy atom. The van der Waals surface area contributed by atoms with E-state index in [1.807, 2.05) is 32.0 Å². The topological polar surface area (TPSA) is 60.7 Å². The first-order valence-corrected chi connectivity index (χ1v) is 8.30. The van der Waals surface area contributed by atoms with Crippen molar-refractivity contribution >= 4 is 21.8 Å². The van der Waals surface area contributed by atoms with E-state index in [0.717, 1.165) is 15.8 Å². The van der Waals surface area contributed by atoms with Crippen molar-refractivity contribution in [2.75, 3.05) is 13.2 Å². The average Bonchev–Trinajstić information content (AvgIpc) is 3.03. The molecule has 0 aliphatic carbocycles. The van der Waals surface area contributed by atoms with Gasteiger partial charge in [0.1, 0.15) is 5.76 Å². The van der Waals surface area contributed by atoms with Gasteiger partial charge in [-0.25, -0.2) is 0 Å². The Hall–Kier alpha value is -1.95. The van der Waals surface area contributed by atoms with Gasteiger partial charge in [-0.1, -0.05) is 15.9 Å². The number of carbonyl (C=O) groups is 1. The van der Waals surface area contributed by atoms with Crippen LogP contribution in [0.3, 0.4) is 0 Å². The van der Waals surface area contributed by atoms with Gasteiger partial charge in [-0.05, 0) is 43.7 Å². The minimum absolute atomic E-state index is 0.0892. The van der Waals surface area contributed by atoms with E-state index in [2.05, 4.69) is 21.2 Å². The number of hydrogen-bond acceptors (Lipinski definition) is 4. The first kappa shape index (κ1) is 17.4. The van der Waals surface area contributed by atoms with Crippen LogP contribution in [0.25, 0.3) is 0 Å². The summed E-state index contributed by atoms with van der Waals surface area (Å²) in [5.74, 6) is 1.94. The molecular weight excluding hydrogens is 362 g/mol. The van der Waals surface area contributed by atoms with Crippen LogP contribution in [0.4, 0.5) is 0 Å². The lowest BCUT2D eigenvalue weighted by molar-refractivity contribution is -0.120. The average molecular weight is 382 g/mol. The Labute approximate surface area is 144 Å². The van der Waals surface area contributed by atoms with E-state index in [1.165, 1.54) is 0 Å². The Balaban J connectivity index is 2.05. The van der Waals surface area contributed by atoms with Gasteiger partial charge in [0.05, 0.1) is 32.4 Å². The van der Waals surface area contributed by atoms with E-state index in [9.17, 15) is 4.79 Å². The fraction of sp³-hybridized carbons (Fsp3) is 0.353. The van der Waals surface area contributed by atoms with Crippen LogP contribution >= 0.6 is 15.9 Å². The van der Waals surface area contributed by atoms with Crippen molar-refractivity contribution in [3.05, 3.63) is 46.3 Å². The van der Waals surface area contributed by atoms with Crippen molar-refractivity contribution in [2.24, 2.45) is 0 Å². The highest BCUT2D eigenvalue weighted by Crippen LogP contribution is 2.34. The molecule has 0 fully saturated rings. The summed E-state index contributed by atoms with van der Waals surface area (Å²) in [6.07, 6.45) is 1.83. The number of ether oxygens (including phenoxy) is 2. The second-order valence-electron chi connectivity index (χ2n) is 4.79. The number of benzene rings is 1. The minimum Gasteiger partial charge on any atom is -0.490 e. The molecule has 0 aliphatic heterocycles. The highest BCUT2D eigenvalue weighted by atomic mass is 79.9. The van der Waals surface area contributed by atoms with Crippen molar-refractivity contribution in [1.82, 2.24) is 5.32 Å². The van der Waals surface area contributed by atoms with Crippen LogP contribution in [0, 0.1) is 0 Å². The summed E-state index contributed by atoms with van der Waals surface area (Å²) in [7, 11) is 0. The third-order valence-electron chi connectivity index (χ3n) is 3.10. The number of amides is 1. The summed E-state index contributed by atoms with van der Waals surface area (Å²) in [4.78, 5) is 12.1. The fourth-order valence-corrected chi connectivity index (χ4v) is 2.55. The SMILES string of the molecule is CCOc1cc(Br)c(CC(=O)NCc2ccco2)cc1OCC. The van der Waals surface area contributed by atoms with Crippen LogP contribution in [0.15, 0.2) is 39.4 Å². The second-order valence-corrected chi connectivity index (χ2v) is 5.64. The lowest BCUT2D eigenvalue weighted by atomic mass is 10.1. The first-order chi connectivity index (χ1) is 11.1. The van der Waals surface area contributed by atoms with Gasteiger partial charge in [-0.2, -0.15) is 0 Å². The van der Waals surface area contributed by atoms with E-state index in [1.54, 1.807) is 12.3 Å². The number of rotatable bonds is 8. The van der Waals surface area contributed by atoms with Gasteiger partial charge >= 0.3 is 0 Å². The van der Waals surface area contributed by atoms with Crippen LogP contribution in [0.5, 0.6) is 11.5 Å². The van der Waals surface area contributed by atoms with Gasteiger partial charge < -0.3 is 19.2 Å². The number of furan rings is 1. The molecule has 1 aromatic carbocycles. The molecule has 0 spiro atoms. The summed E-state index contributed by atoms with van der Waals surface area (Å²) in [5.41, 5.74) is 0.842. The normalized spacial score (nSPS) is 10.4. The minimum atomic E-state index is -0.0892. The second kappa shape index (κ2) is 8.62. The zero-order valence-corrected chi connectivity index (χ0v) is 14.8. The van der Waals surface area contributed by atoms with E-state index in [4.69, 9.17) is 13.9 Å². The van der Waals surface area contributed by atoms with Crippen molar-refractivity contribution in [1.29, 1.82) is 0 Å². The standard InChI is InChI=1S/C17H20BrNO4/c1-3-21-15-8-12(14(18)10-16(15)22-4-2)9-17(20)19-11-13-6-5-7-23-13/h5-8,10H,3-4,9,11H2,1-2H3,(H,19,20). The Morgan fingerprint density at radius 1 is 1.22 bits per heavy atom. The van der Waals surface area contributed by atoms with Gasteiger partial charge in [0.2, 0.25) is 5.91 Å². The molecule has 0 aliphatic rings. The number of halogens is 1. The predicted molar refractivity (Wildman–Crippen MR) is 90.7 cm³/mol. The first-order valence-electron chi connectivity index (χ1n) is 7.51. The van der Waals surface area contributed by atoms with Crippen molar-refractivity contribution < 1.29 is 18.7 Å². The maximum Gasteiger partial charge on any atom is 0.224 e. The molecule has 1 amide bonds. The lowest BCUT2D eigenvalue weighted by Crippen LogP contribution is -2.24. The molecular formula is C17H20BrNO4. The summed E-state index contributed by atoms with van der Waals surface area (Å²) in [6.45, 7) is 5.28. The molecule has 0 bridgehead atoms. The predicted octanol–water partition coefficient (Wildman–Crippen LogP) is 3.70. The highest BCUT2D eigenvalue weighted by molar-refractivity contribution is 9.10. The van der Waals surface area contributed by atoms with Crippen molar-refractivity contribution in [3.8, 4) is 11.5 Å². The number of carbonyl (C=O) groups excluding carboxylic acids is 1. The molecule has 2 rings (SSSR count). The molecule has 23 heavy (non-hydrogen) atoms. The largest absolute Gasteiger partial charge is 0.490 e. The third kappa shape index (κ3) is 5.03. The third-order valence-corrected chi connectivity index (χ3v) is 3.84. The number of nitrogens with one attached hydrogen (secondary N) is 1. The van der Waals surface area contributed by atoms with Gasteiger partial charge in [0, 0.05) is 4.47 Å². The van der Waals surface area contributed by atoms with E-state index in [-0.39, 0.29) is 12.3 Å². The highest BCUT2D eigenvalue weighted by Gasteiger charge is 2.13. The molecule has 0 saturated carbocycles. The maximum atomic E-state index is 12.1. The monoisotopic (exact) mass is 381 g/mol. The van der Waals surface area contributed by atoms with Crippen LogP contribution in [0.1, 0.15) is 25.2 Å². The molecule has 1 N–H and O–H groups in total. The molecule has 1 aromatic heterocycles. The van der Waals surface area contributed by atoms with Gasteiger partial charge in [-0.15, -0.1) is 0 Å². The van der Waals surface area contributed by atoms with Crippen LogP contribution in [0.2, 0.25) is 0 Å². The van der Waals surface area contributed by atoms with E-state index < -0.39 is 0 Å². The van der Waals surface area contributed by atoms with Gasteiger partial charge in [0.25, 0.3) is 0 Å². The molecule has 5 nitrogen and oxygen atoms in total. The number of hydrogen-bond donors (Lipinski definition) is 1. The summed E-state index contributed by atoms with van der Waals surface area (Å²) in [5, 5.41) is 2.83. The molecule has 6 heteroatoms. The Kier molecular flexibility index (Phi) is 6.52. The maximum absolute atomic E-state index is 12.1. The Bertz CT molecular complexity index is 640. The molecule has 0 saturated heterocycles. The van der Waals surface area contributed by atoms with Crippen LogP contribution in [-0.2, 0) is 17.8 Å². The smallest absolute Gasteiger partial charge is 0.224 e. The molecule has 0 unspecified atom stereocenters. The molecule has 2 aromatic rings.